The molecular formula is C9H11BrN2O3. The Morgan fingerprint density at radius 3 is 2.80 bits per heavy atom. The van der Waals surface area contributed by atoms with Crippen molar-refractivity contribution < 1.29 is 14.4 Å². The van der Waals surface area contributed by atoms with E-state index in [2.05, 4.69) is 26.4 Å². The number of hydrogen-bond acceptors (Lipinski definition) is 4. The lowest BCUT2D eigenvalue weighted by atomic mass is 9.91. The first kappa shape index (κ1) is 10.6. The number of carboxylic acid groups (broad SMARTS) is 1. The normalized spacial score (nSPS) is 17.9. The van der Waals surface area contributed by atoms with Crippen molar-refractivity contribution in [3.8, 4) is 0 Å². The van der Waals surface area contributed by atoms with E-state index in [0.717, 1.165) is 25.9 Å². The van der Waals surface area contributed by atoms with Gasteiger partial charge in [0.25, 0.3) is 0 Å². The molecule has 1 aliphatic heterocycles. The number of nitrogens with zero attached hydrogens (tertiary/aromatic N) is 1. The van der Waals surface area contributed by atoms with Gasteiger partial charge in [-0.1, -0.05) is 5.16 Å². The maximum Gasteiger partial charge on any atom is 0.375 e. The van der Waals surface area contributed by atoms with E-state index in [1.54, 1.807) is 0 Å². The SMILES string of the molecule is O=C(O)c1onc(Br)c1C1CCNCC1. The summed E-state index contributed by atoms with van der Waals surface area (Å²) in [7, 11) is 0. The van der Waals surface area contributed by atoms with Gasteiger partial charge in [0.05, 0.1) is 0 Å². The molecule has 0 amide bonds. The van der Waals surface area contributed by atoms with Gasteiger partial charge in [0, 0.05) is 5.56 Å². The highest BCUT2D eigenvalue weighted by Gasteiger charge is 2.28. The molecule has 6 heteroatoms. The highest BCUT2D eigenvalue weighted by atomic mass is 79.9. The van der Waals surface area contributed by atoms with Gasteiger partial charge in [-0.15, -0.1) is 0 Å². The van der Waals surface area contributed by atoms with E-state index >= 15 is 0 Å². The number of carboxylic acids is 1. The van der Waals surface area contributed by atoms with Crippen LogP contribution in [0.1, 0.15) is 34.9 Å². The Labute approximate surface area is 95.0 Å². The summed E-state index contributed by atoms with van der Waals surface area (Å²) in [6.45, 7) is 1.81. The summed E-state index contributed by atoms with van der Waals surface area (Å²) < 4.78 is 5.31. The number of aromatic carboxylic acids is 1. The van der Waals surface area contributed by atoms with Gasteiger partial charge in [-0.05, 0) is 47.8 Å². The molecule has 1 aromatic heterocycles. The maximum atomic E-state index is 10.9. The topological polar surface area (TPSA) is 75.4 Å². The summed E-state index contributed by atoms with van der Waals surface area (Å²) in [5, 5.41) is 15.8. The predicted molar refractivity (Wildman–Crippen MR) is 56.0 cm³/mol. The van der Waals surface area contributed by atoms with Gasteiger partial charge < -0.3 is 14.9 Å². The molecule has 2 heterocycles. The number of piperidine rings is 1. The van der Waals surface area contributed by atoms with Crippen LogP contribution in [0.2, 0.25) is 0 Å². The van der Waals surface area contributed by atoms with Gasteiger partial charge in [-0.2, -0.15) is 0 Å². The second-order valence-corrected chi connectivity index (χ2v) is 4.30. The van der Waals surface area contributed by atoms with E-state index in [0.29, 0.717) is 10.2 Å². The van der Waals surface area contributed by atoms with E-state index in [1.165, 1.54) is 0 Å². The van der Waals surface area contributed by atoms with Crippen LogP contribution >= 0.6 is 15.9 Å². The van der Waals surface area contributed by atoms with Crippen molar-refractivity contribution >= 4 is 21.9 Å². The Hall–Kier alpha value is -0.880. The predicted octanol–water partition coefficient (Wildman–Crippen LogP) is 1.60. The molecule has 0 spiro atoms. The van der Waals surface area contributed by atoms with Gasteiger partial charge in [-0.3, -0.25) is 0 Å². The van der Waals surface area contributed by atoms with Crippen LogP contribution in [0.25, 0.3) is 0 Å². The molecule has 1 saturated heterocycles. The monoisotopic (exact) mass is 274 g/mol. The van der Waals surface area contributed by atoms with Crippen LogP contribution in [0.3, 0.4) is 0 Å². The molecule has 0 aliphatic carbocycles. The fraction of sp³-hybridized carbons (Fsp3) is 0.556. The zero-order valence-electron chi connectivity index (χ0n) is 7.99. The minimum absolute atomic E-state index is 0.0335. The van der Waals surface area contributed by atoms with E-state index in [1.807, 2.05) is 0 Å². The highest BCUT2D eigenvalue weighted by molar-refractivity contribution is 9.10. The van der Waals surface area contributed by atoms with Crippen molar-refractivity contribution in [2.45, 2.75) is 18.8 Å². The van der Waals surface area contributed by atoms with Crippen LogP contribution in [0, 0.1) is 0 Å². The molecule has 1 fully saturated rings. The van der Waals surface area contributed by atoms with Crippen LogP contribution in [0.5, 0.6) is 0 Å². The lowest BCUT2D eigenvalue weighted by Crippen LogP contribution is -2.27. The average molecular weight is 275 g/mol. The molecule has 15 heavy (non-hydrogen) atoms. The number of aromatic nitrogens is 1. The van der Waals surface area contributed by atoms with Gasteiger partial charge >= 0.3 is 5.97 Å². The van der Waals surface area contributed by atoms with Crippen LogP contribution in [0.15, 0.2) is 9.13 Å². The maximum absolute atomic E-state index is 10.9. The van der Waals surface area contributed by atoms with E-state index < -0.39 is 5.97 Å². The molecule has 1 aliphatic rings. The van der Waals surface area contributed by atoms with Crippen molar-refractivity contribution in [2.24, 2.45) is 0 Å². The standard InChI is InChI=1S/C9H11BrN2O3/c10-8-6(5-1-3-11-4-2-5)7(9(13)14)15-12-8/h5,11H,1-4H2,(H,13,14). The highest BCUT2D eigenvalue weighted by Crippen LogP contribution is 2.33. The van der Waals surface area contributed by atoms with Crippen LogP contribution < -0.4 is 5.32 Å². The Balaban J connectivity index is 2.32. The Kier molecular flexibility index (Phi) is 3.06. The second-order valence-electron chi connectivity index (χ2n) is 3.55. The van der Waals surface area contributed by atoms with Crippen LogP contribution in [0.4, 0.5) is 0 Å². The first-order chi connectivity index (χ1) is 7.20. The van der Waals surface area contributed by atoms with Crippen molar-refractivity contribution in [3.63, 3.8) is 0 Å². The summed E-state index contributed by atoms with van der Waals surface area (Å²) in [6, 6.07) is 0. The minimum atomic E-state index is -1.05. The molecule has 0 aromatic carbocycles. The summed E-state index contributed by atoms with van der Waals surface area (Å²) >= 11 is 3.23. The van der Waals surface area contributed by atoms with Crippen molar-refractivity contribution in [1.29, 1.82) is 0 Å². The number of halogens is 1. The Morgan fingerprint density at radius 1 is 1.53 bits per heavy atom. The molecular weight excluding hydrogens is 264 g/mol. The fourth-order valence-corrected chi connectivity index (χ4v) is 2.47. The molecule has 82 valence electrons. The van der Waals surface area contributed by atoms with Crippen molar-refractivity contribution in [1.82, 2.24) is 10.5 Å². The number of hydrogen-bond donors (Lipinski definition) is 2. The average Bonchev–Trinajstić information content (AvgIpc) is 2.61. The fourth-order valence-electron chi connectivity index (χ4n) is 1.90. The van der Waals surface area contributed by atoms with Crippen LogP contribution in [-0.4, -0.2) is 29.3 Å². The lowest BCUT2D eigenvalue weighted by Gasteiger charge is -2.21. The summed E-state index contributed by atoms with van der Waals surface area (Å²) in [5.41, 5.74) is 0.698. The van der Waals surface area contributed by atoms with Crippen LogP contribution in [-0.2, 0) is 0 Å². The molecule has 1 aromatic rings. The van der Waals surface area contributed by atoms with E-state index in [4.69, 9.17) is 9.63 Å². The Bertz CT molecular complexity index is 371. The number of carbonyl (C=O) groups is 1. The molecule has 0 unspecified atom stereocenters. The molecule has 0 atom stereocenters. The first-order valence-electron chi connectivity index (χ1n) is 4.79. The third-order valence-corrected chi connectivity index (χ3v) is 3.20. The zero-order chi connectivity index (χ0) is 10.8. The van der Waals surface area contributed by atoms with Gasteiger partial charge in [0.15, 0.2) is 4.60 Å². The number of nitrogens with one attached hydrogen (secondary N) is 1. The Morgan fingerprint density at radius 2 is 2.20 bits per heavy atom. The van der Waals surface area contributed by atoms with Crippen molar-refractivity contribution in [2.75, 3.05) is 13.1 Å². The molecule has 0 saturated carbocycles. The van der Waals surface area contributed by atoms with Gasteiger partial charge in [0.1, 0.15) is 0 Å². The summed E-state index contributed by atoms with van der Waals surface area (Å²) in [6.07, 6.45) is 1.83. The van der Waals surface area contributed by atoms with Crippen molar-refractivity contribution in [3.05, 3.63) is 15.9 Å². The molecule has 2 rings (SSSR count). The first-order valence-corrected chi connectivity index (χ1v) is 5.58. The molecule has 0 bridgehead atoms. The zero-order valence-corrected chi connectivity index (χ0v) is 9.58. The number of rotatable bonds is 2. The van der Waals surface area contributed by atoms with Gasteiger partial charge in [0.2, 0.25) is 5.76 Å². The largest absolute Gasteiger partial charge is 0.475 e. The summed E-state index contributed by atoms with van der Waals surface area (Å²) in [4.78, 5) is 10.9. The van der Waals surface area contributed by atoms with E-state index in [9.17, 15) is 4.79 Å². The van der Waals surface area contributed by atoms with Gasteiger partial charge in [-0.25, -0.2) is 4.79 Å². The quantitative estimate of drug-likeness (QED) is 0.857. The lowest BCUT2D eigenvalue weighted by molar-refractivity contribution is 0.0649. The second kappa shape index (κ2) is 4.32. The van der Waals surface area contributed by atoms with E-state index in [-0.39, 0.29) is 11.7 Å². The minimum Gasteiger partial charge on any atom is -0.475 e. The third-order valence-electron chi connectivity index (χ3n) is 2.63. The molecule has 2 N–H and O–H groups in total. The smallest absolute Gasteiger partial charge is 0.375 e. The molecule has 5 nitrogen and oxygen atoms in total. The third kappa shape index (κ3) is 2.05. The summed E-state index contributed by atoms with van der Waals surface area (Å²) in [5.74, 6) is -0.867. The molecule has 0 radical (unpaired) electrons.